The third-order valence-electron chi connectivity index (χ3n) is 1.66. The first-order valence-electron chi connectivity index (χ1n) is 4.09. The second-order valence-electron chi connectivity index (χ2n) is 2.69. The molecule has 74 valence electrons. The van der Waals surface area contributed by atoms with Crippen LogP contribution in [0.2, 0.25) is 0 Å². The molecule has 1 heterocycles. The fourth-order valence-electron chi connectivity index (χ4n) is 0.960. The van der Waals surface area contributed by atoms with E-state index in [1.165, 1.54) is 0 Å². The quantitative estimate of drug-likeness (QED) is 0.520. The molecule has 3 N–H and O–H groups in total. The normalized spacial score (nSPS) is 21.3. The fourth-order valence-corrected chi connectivity index (χ4v) is 1.74. The monoisotopic (exact) mass is 203 g/mol. The lowest BCUT2D eigenvalue weighted by Gasteiger charge is -2.09. The molecule has 0 radical (unpaired) electrons. The van der Waals surface area contributed by atoms with E-state index in [4.69, 9.17) is 0 Å². The van der Waals surface area contributed by atoms with Crippen LogP contribution >= 0.6 is 11.8 Å². The number of hydrogen-bond acceptors (Lipinski definition) is 4. The van der Waals surface area contributed by atoms with Gasteiger partial charge >= 0.3 is 0 Å². The lowest BCUT2D eigenvalue weighted by molar-refractivity contribution is -0.122. The Morgan fingerprint density at radius 3 is 3.00 bits per heavy atom. The van der Waals surface area contributed by atoms with Gasteiger partial charge in [-0.25, -0.2) is 0 Å². The molecule has 6 heteroatoms. The van der Waals surface area contributed by atoms with E-state index in [9.17, 15) is 9.59 Å². The van der Waals surface area contributed by atoms with Crippen molar-refractivity contribution >= 4 is 22.9 Å². The van der Waals surface area contributed by atoms with Crippen LogP contribution in [-0.4, -0.2) is 43.1 Å². The Bertz CT molecular complexity index is 210. The first kappa shape index (κ1) is 10.3. The molecule has 0 spiro atoms. The summed E-state index contributed by atoms with van der Waals surface area (Å²) in [5.74, 6) is 0.429. The van der Waals surface area contributed by atoms with Crippen molar-refractivity contribution in [2.24, 2.45) is 0 Å². The molecule has 5 nitrogen and oxygen atoms in total. The molecule has 13 heavy (non-hydrogen) atoms. The second kappa shape index (κ2) is 5.08. The van der Waals surface area contributed by atoms with Crippen LogP contribution < -0.4 is 16.0 Å². The number of rotatable bonds is 4. The summed E-state index contributed by atoms with van der Waals surface area (Å²) >= 11 is 1.15. The standard InChI is InChI=1S/C7H13N3O2S/c1-8-2-3-9-6(11)5-4-13-7(12)10-5/h5,8H,2-4H2,1H3,(H,9,11)(H,10,12). The minimum absolute atomic E-state index is 0.103. The first-order valence-corrected chi connectivity index (χ1v) is 5.08. The van der Waals surface area contributed by atoms with E-state index in [1.807, 2.05) is 7.05 Å². The van der Waals surface area contributed by atoms with Crippen molar-refractivity contribution in [3.05, 3.63) is 0 Å². The first-order chi connectivity index (χ1) is 6.24. The van der Waals surface area contributed by atoms with E-state index in [0.29, 0.717) is 12.3 Å². The van der Waals surface area contributed by atoms with Gasteiger partial charge in [0.05, 0.1) is 0 Å². The lowest BCUT2D eigenvalue weighted by Crippen LogP contribution is -2.44. The topological polar surface area (TPSA) is 70.2 Å². The van der Waals surface area contributed by atoms with E-state index in [0.717, 1.165) is 18.3 Å². The summed E-state index contributed by atoms with van der Waals surface area (Å²) in [7, 11) is 1.82. The van der Waals surface area contributed by atoms with Gasteiger partial charge in [0.2, 0.25) is 5.91 Å². The van der Waals surface area contributed by atoms with Crippen molar-refractivity contribution < 1.29 is 9.59 Å². The van der Waals surface area contributed by atoms with Crippen LogP contribution in [0.15, 0.2) is 0 Å². The van der Waals surface area contributed by atoms with Crippen LogP contribution in [0.1, 0.15) is 0 Å². The molecule has 0 bridgehead atoms. The highest BCUT2D eigenvalue weighted by molar-refractivity contribution is 8.14. The minimum Gasteiger partial charge on any atom is -0.353 e. The van der Waals surface area contributed by atoms with E-state index >= 15 is 0 Å². The fraction of sp³-hybridized carbons (Fsp3) is 0.714. The summed E-state index contributed by atoms with van der Waals surface area (Å²) < 4.78 is 0. The van der Waals surface area contributed by atoms with Gasteiger partial charge in [0.15, 0.2) is 0 Å². The van der Waals surface area contributed by atoms with Gasteiger partial charge in [0.25, 0.3) is 5.24 Å². The highest BCUT2D eigenvalue weighted by Gasteiger charge is 2.27. The Balaban J connectivity index is 2.20. The van der Waals surface area contributed by atoms with Gasteiger partial charge in [0.1, 0.15) is 6.04 Å². The average molecular weight is 203 g/mol. The molecule has 1 aliphatic rings. The molecule has 0 aliphatic carbocycles. The largest absolute Gasteiger partial charge is 0.353 e. The molecule has 1 saturated heterocycles. The van der Waals surface area contributed by atoms with Crippen LogP contribution in [0.5, 0.6) is 0 Å². The highest BCUT2D eigenvalue weighted by Crippen LogP contribution is 2.12. The van der Waals surface area contributed by atoms with Gasteiger partial charge in [-0.1, -0.05) is 11.8 Å². The van der Waals surface area contributed by atoms with Crippen molar-refractivity contribution in [3.63, 3.8) is 0 Å². The average Bonchev–Trinajstić information content (AvgIpc) is 2.52. The predicted molar refractivity (Wildman–Crippen MR) is 51.7 cm³/mol. The number of amides is 2. The molecule has 1 unspecified atom stereocenters. The molecule has 0 saturated carbocycles. The minimum atomic E-state index is -0.352. The number of likely N-dealkylation sites (N-methyl/N-ethyl adjacent to an activating group) is 1. The van der Waals surface area contributed by atoms with Gasteiger partial charge in [-0.05, 0) is 7.05 Å². The third kappa shape index (κ3) is 3.23. The number of nitrogens with one attached hydrogen (secondary N) is 3. The van der Waals surface area contributed by atoms with Gasteiger partial charge in [-0.3, -0.25) is 9.59 Å². The molecule has 1 aliphatic heterocycles. The molecule has 2 amide bonds. The summed E-state index contributed by atoms with van der Waals surface area (Å²) in [6.07, 6.45) is 0. The molecule has 0 aromatic heterocycles. The Labute approximate surface area is 81.0 Å². The Morgan fingerprint density at radius 2 is 2.46 bits per heavy atom. The summed E-state index contributed by atoms with van der Waals surface area (Å²) in [5, 5.41) is 8.09. The number of thioether (sulfide) groups is 1. The van der Waals surface area contributed by atoms with Crippen molar-refractivity contribution in [2.45, 2.75) is 6.04 Å². The van der Waals surface area contributed by atoms with Gasteiger partial charge in [-0.15, -0.1) is 0 Å². The van der Waals surface area contributed by atoms with E-state index < -0.39 is 0 Å². The molecular weight excluding hydrogens is 190 g/mol. The van der Waals surface area contributed by atoms with E-state index in [2.05, 4.69) is 16.0 Å². The maximum absolute atomic E-state index is 11.3. The van der Waals surface area contributed by atoms with Crippen LogP contribution in [0, 0.1) is 0 Å². The lowest BCUT2D eigenvalue weighted by atomic mass is 10.3. The van der Waals surface area contributed by atoms with Crippen LogP contribution in [0.3, 0.4) is 0 Å². The smallest absolute Gasteiger partial charge is 0.279 e. The van der Waals surface area contributed by atoms with Gasteiger partial charge in [-0.2, -0.15) is 0 Å². The molecule has 1 fully saturated rings. The van der Waals surface area contributed by atoms with Crippen LogP contribution in [0.4, 0.5) is 4.79 Å². The Morgan fingerprint density at radius 1 is 1.69 bits per heavy atom. The maximum Gasteiger partial charge on any atom is 0.279 e. The highest BCUT2D eigenvalue weighted by atomic mass is 32.2. The van der Waals surface area contributed by atoms with Crippen molar-refractivity contribution in [2.75, 3.05) is 25.9 Å². The molecular formula is C7H13N3O2S. The maximum atomic E-state index is 11.3. The number of carbonyl (C=O) groups excluding carboxylic acids is 2. The van der Waals surface area contributed by atoms with Gasteiger partial charge < -0.3 is 16.0 Å². The van der Waals surface area contributed by atoms with Crippen LogP contribution in [0.25, 0.3) is 0 Å². The Kier molecular flexibility index (Phi) is 4.04. The SMILES string of the molecule is CNCCNC(=O)C1CSC(=O)N1. The van der Waals surface area contributed by atoms with Crippen LogP contribution in [-0.2, 0) is 4.79 Å². The molecule has 1 rings (SSSR count). The number of carbonyl (C=O) groups is 2. The third-order valence-corrected chi connectivity index (χ3v) is 2.54. The Hall–Kier alpha value is -0.750. The molecule has 0 aromatic rings. The summed E-state index contributed by atoms with van der Waals surface area (Å²) in [5.41, 5.74) is 0. The predicted octanol–water partition coefficient (Wildman–Crippen LogP) is -0.853. The second-order valence-corrected chi connectivity index (χ2v) is 3.68. The summed E-state index contributed by atoms with van der Waals surface area (Å²) in [6.45, 7) is 1.33. The summed E-state index contributed by atoms with van der Waals surface area (Å²) in [6, 6.07) is -0.352. The van der Waals surface area contributed by atoms with E-state index in [1.54, 1.807) is 0 Å². The zero-order valence-corrected chi connectivity index (χ0v) is 8.24. The zero-order valence-electron chi connectivity index (χ0n) is 7.42. The summed E-state index contributed by atoms with van der Waals surface area (Å²) in [4.78, 5) is 22.0. The van der Waals surface area contributed by atoms with Crippen molar-refractivity contribution in [1.82, 2.24) is 16.0 Å². The van der Waals surface area contributed by atoms with Gasteiger partial charge in [0, 0.05) is 18.8 Å². The molecule has 0 aromatic carbocycles. The van der Waals surface area contributed by atoms with Crippen molar-refractivity contribution in [3.8, 4) is 0 Å². The van der Waals surface area contributed by atoms with Crippen molar-refractivity contribution in [1.29, 1.82) is 0 Å². The zero-order chi connectivity index (χ0) is 9.68. The van der Waals surface area contributed by atoms with E-state index in [-0.39, 0.29) is 17.2 Å². The molecule has 1 atom stereocenters. The number of hydrogen-bond donors (Lipinski definition) is 3.